The molecule has 1 aliphatic heterocycles. The van der Waals surface area contributed by atoms with E-state index in [1.165, 1.54) is 35.2 Å². The van der Waals surface area contributed by atoms with Crippen molar-refractivity contribution < 1.29 is 27.8 Å². The lowest BCUT2D eigenvalue weighted by Crippen LogP contribution is -2.46. The van der Waals surface area contributed by atoms with Gasteiger partial charge >= 0.3 is 6.36 Å². The van der Waals surface area contributed by atoms with Crippen LogP contribution in [0, 0.1) is 22.7 Å². The van der Waals surface area contributed by atoms with Crippen LogP contribution in [0.3, 0.4) is 0 Å². The molecule has 292 valence electrons. The van der Waals surface area contributed by atoms with Crippen LogP contribution >= 0.6 is 12.6 Å². The fourth-order valence-corrected chi connectivity index (χ4v) is 8.45. The number of hydrogen-bond acceptors (Lipinski definition) is 5. The first kappa shape index (κ1) is 48.1. The lowest BCUT2D eigenvalue weighted by molar-refractivity contribution is -0.354. The molecule has 13 heteroatoms. The maximum atomic E-state index is 13.0. The number of benzene rings is 1. The summed E-state index contributed by atoms with van der Waals surface area (Å²) >= 11 is 4.01. The summed E-state index contributed by atoms with van der Waals surface area (Å²) in [5, 5.41) is 5.64. The number of anilines is 1. The van der Waals surface area contributed by atoms with Crippen molar-refractivity contribution in [2.45, 2.75) is 155 Å². The molecule has 0 saturated heterocycles. The van der Waals surface area contributed by atoms with Gasteiger partial charge in [0.1, 0.15) is 0 Å². The summed E-state index contributed by atoms with van der Waals surface area (Å²) < 4.78 is 43.6. The fourth-order valence-electron chi connectivity index (χ4n) is 8.27. The molecular formula is C41H61B4F3N2O3S. The smallest absolute Gasteiger partial charge is 0.483 e. The number of fused-ring (bicyclic) bond motifs is 6. The van der Waals surface area contributed by atoms with E-state index >= 15 is 0 Å². The number of nitrogens with zero attached hydrogens (tertiary/aromatic N) is 2. The number of halogens is 3. The molecule has 2 fully saturated rings. The van der Waals surface area contributed by atoms with E-state index < -0.39 is 17.6 Å². The topological polar surface area (TPSA) is 62.7 Å². The zero-order chi connectivity index (χ0) is 40.9. The average molecular weight is 762 g/mol. The zero-order valence-corrected chi connectivity index (χ0v) is 34.6. The highest BCUT2D eigenvalue weighted by Gasteiger charge is 2.57. The summed E-state index contributed by atoms with van der Waals surface area (Å²) in [5.41, 5.74) is 6.80. The van der Waals surface area contributed by atoms with Crippen LogP contribution in [-0.4, -0.2) is 66.2 Å². The highest BCUT2D eigenvalue weighted by Crippen LogP contribution is 2.62. The standard InChI is InChI=1S/C26H29F3N2O.C7H16.C5H8B4S.C2H6.CH2O2/c1-25-11-10-20-19-7-5-18(31-14-17-3-2-12-30-23(17)15-31)13-16(19)4-6-21(20)22(25)8-9-24(25)32-26(27,28)29;1-5-7(3,4)6-2;6-4(2-1-3-10)5(7,8)9;1-2;2-1-3/h2-3,5,7,12-13,20-22,24H,4,6,8-11,14-15H2,1H3;5-6H2,1-4H3;4,10H,1-3H2;1-2H3;1H,(H,2,3). The van der Waals surface area contributed by atoms with Gasteiger partial charge in [0, 0.05) is 18.4 Å². The second-order valence-corrected chi connectivity index (χ2v) is 16.3. The highest BCUT2D eigenvalue weighted by atomic mass is 32.1. The fraction of sp³-hybridized carbons (Fsp3) is 0.707. The van der Waals surface area contributed by atoms with Gasteiger partial charge in [0.25, 0.3) is 6.47 Å². The van der Waals surface area contributed by atoms with Gasteiger partial charge in [0.2, 0.25) is 0 Å². The lowest BCUT2D eigenvalue weighted by Gasteiger charge is -2.50. The minimum Gasteiger partial charge on any atom is -0.483 e. The van der Waals surface area contributed by atoms with Gasteiger partial charge < -0.3 is 10.0 Å². The van der Waals surface area contributed by atoms with E-state index in [2.05, 4.69) is 86.1 Å². The van der Waals surface area contributed by atoms with Crippen LogP contribution in [0.4, 0.5) is 18.9 Å². The molecule has 2 aromatic rings. The van der Waals surface area contributed by atoms with Gasteiger partial charge in [0.05, 0.1) is 49.7 Å². The number of pyridine rings is 1. The normalized spacial score (nSPS) is 24.5. The van der Waals surface area contributed by atoms with Crippen LogP contribution in [0.25, 0.3) is 0 Å². The van der Waals surface area contributed by atoms with Crippen LogP contribution in [-0.2, 0) is 29.0 Å². The van der Waals surface area contributed by atoms with Gasteiger partial charge in [-0.05, 0) is 114 Å². The van der Waals surface area contributed by atoms with Gasteiger partial charge in [-0.25, -0.2) is 0 Å². The third-order valence-corrected chi connectivity index (χ3v) is 12.5. The summed E-state index contributed by atoms with van der Waals surface area (Å²) in [4.78, 5) is 15.3. The van der Waals surface area contributed by atoms with E-state index in [1.807, 2.05) is 26.1 Å². The first-order valence-electron chi connectivity index (χ1n) is 19.7. The second-order valence-electron chi connectivity index (χ2n) is 15.9. The van der Waals surface area contributed by atoms with Crippen molar-refractivity contribution in [1.82, 2.24) is 4.98 Å². The number of alkyl halides is 3. The number of aryl methyl sites for hydroxylation is 1. The molecule has 0 amide bonds. The largest absolute Gasteiger partial charge is 0.522 e. The van der Waals surface area contributed by atoms with Crippen molar-refractivity contribution in [1.29, 1.82) is 0 Å². The van der Waals surface area contributed by atoms with E-state index in [0.717, 1.165) is 63.1 Å². The Morgan fingerprint density at radius 3 is 2.24 bits per heavy atom. The quantitative estimate of drug-likeness (QED) is 0.159. The summed E-state index contributed by atoms with van der Waals surface area (Å²) in [6.45, 7) is 16.6. The van der Waals surface area contributed by atoms with Gasteiger partial charge in [0.15, 0.2) is 0 Å². The van der Waals surface area contributed by atoms with Gasteiger partial charge in [-0.1, -0.05) is 85.7 Å². The van der Waals surface area contributed by atoms with Crippen molar-refractivity contribution in [3.63, 3.8) is 0 Å². The molecule has 6 unspecified atom stereocenters. The Morgan fingerprint density at radius 2 is 1.70 bits per heavy atom. The Labute approximate surface area is 335 Å². The summed E-state index contributed by atoms with van der Waals surface area (Å²) in [5.74, 6) is 1.69. The molecule has 8 radical (unpaired) electrons. The number of carboxylic acid groups (broad SMARTS) is 1. The predicted octanol–water partition coefficient (Wildman–Crippen LogP) is 10.2. The number of ether oxygens (including phenoxy) is 1. The number of hydrogen-bond donors (Lipinski definition) is 2. The molecule has 2 saturated carbocycles. The van der Waals surface area contributed by atoms with Crippen molar-refractivity contribution in [3.05, 3.63) is 58.9 Å². The number of aromatic nitrogens is 1. The molecule has 4 aliphatic rings. The molecule has 3 aliphatic carbocycles. The van der Waals surface area contributed by atoms with Crippen molar-refractivity contribution in [3.8, 4) is 0 Å². The molecule has 1 aromatic heterocycles. The molecule has 1 N–H and O–H groups in total. The minimum atomic E-state index is -4.54. The molecule has 2 heterocycles. The van der Waals surface area contributed by atoms with Crippen LogP contribution in [0.2, 0.25) is 10.9 Å². The van der Waals surface area contributed by atoms with Gasteiger partial charge in [-0.15, -0.1) is 18.3 Å². The van der Waals surface area contributed by atoms with E-state index in [-0.39, 0.29) is 17.7 Å². The van der Waals surface area contributed by atoms with Crippen LogP contribution < -0.4 is 4.90 Å². The Morgan fingerprint density at radius 1 is 1.06 bits per heavy atom. The molecular weight excluding hydrogens is 701 g/mol. The molecule has 1 aromatic carbocycles. The molecule has 6 rings (SSSR count). The Kier molecular flexibility index (Phi) is 19.2. The summed E-state index contributed by atoms with van der Waals surface area (Å²) in [7, 11) is 21.5. The Balaban J connectivity index is 0.000000380. The third kappa shape index (κ3) is 13.3. The number of thiol groups is 1. The predicted molar refractivity (Wildman–Crippen MR) is 223 cm³/mol. The number of rotatable bonds is 8. The third-order valence-electron chi connectivity index (χ3n) is 12.2. The zero-order valence-electron chi connectivity index (χ0n) is 33.7. The second kappa shape index (κ2) is 21.5. The van der Waals surface area contributed by atoms with Crippen molar-refractivity contribution in [2.24, 2.45) is 22.7 Å². The van der Waals surface area contributed by atoms with Crippen molar-refractivity contribution in [2.75, 3.05) is 10.7 Å². The summed E-state index contributed by atoms with van der Waals surface area (Å²) in [6, 6.07) is 11.1. The maximum Gasteiger partial charge on any atom is 0.522 e. The van der Waals surface area contributed by atoms with E-state index in [9.17, 15) is 13.2 Å². The average Bonchev–Trinajstić information content (AvgIpc) is 3.72. The first-order valence-corrected chi connectivity index (χ1v) is 20.3. The van der Waals surface area contributed by atoms with Crippen LogP contribution in [0.1, 0.15) is 135 Å². The Bertz CT molecular complexity index is 1400. The SMILES string of the molecule is CC.CC12CCC3c4ccc(N5Cc6cccnc6C5)cc4CCC3C1CCC2OC(F)(F)F.CCC(C)(C)CC.O=CO.[B]C(CCCS)C([B])([B])[B]. The van der Waals surface area contributed by atoms with Gasteiger partial charge in [-0.3, -0.25) is 14.5 Å². The molecule has 0 spiro atoms. The number of carbonyl (C=O) groups is 1. The van der Waals surface area contributed by atoms with E-state index in [1.54, 1.807) is 0 Å². The minimum absolute atomic E-state index is 0.250. The van der Waals surface area contributed by atoms with E-state index in [0.29, 0.717) is 36.0 Å². The molecule has 0 bridgehead atoms. The lowest BCUT2D eigenvalue weighted by atomic mass is 9.34. The Hall–Kier alpha value is -2.00. The molecule has 6 atom stereocenters. The van der Waals surface area contributed by atoms with E-state index in [4.69, 9.17) is 41.3 Å². The highest BCUT2D eigenvalue weighted by molar-refractivity contribution is 7.80. The molecule has 54 heavy (non-hydrogen) atoms. The first-order chi connectivity index (χ1) is 25.3. The van der Waals surface area contributed by atoms with Crippen LogP contribution in [0.5, 0.6) is 0 Å². The van der Waals surface area contributed by atoms with Crippen molar-refractivity contribution >= 4 is 56.2 Å². The maximum absolute atomic E-state index is 13.0. The van der Waals surface area contributed by atoms with Gasteiger partial charge in [-0.2, -0.15) is 12.6 Å². The monoisotopic (exact) mass is 762 g/mol. The molecule has 5 nitrogen and oxygen atoms in total. The van der Waals surface area contributed by atoms with Crippen LogP contribution in [0.15, 0.2) is 36.5 Å². The summed E-state index contributed by atoms with van der Waals surface area (Å²) in [6.07, 6.45) is 6.06.